The van der Waals surface area contributed by atoms with Crippen LogP contribution in [-0.4, -0.2) is 25.7 Å². The Morgan fingerprint density at radius 3 is 2.68 bits per heavy atom. The quantitative estimate of drug-likeness (QED) is 0.781. The van der Waals surface area contributed by atoms with Gasteiger partial charge in [0.05, 0.1) is 23.3 Å². The highest BCUT2D eigenvalue weighted by Crippen LogP contribution is 2.23. The molecule has 126 valence electrons. The predicted octanol–water partition coefficient (Wildman–Crippen LogP) is 3.26. The zero-order valence-corrected chi connectivity index (χ0v) is 13.6. The number of pyridine rings is 1. The Kier molecular flexibility index (Phi) is 3.68. The number of carbonyl (C=O) groups is 1. The number of halogens is 1. The average Bonchev–Trinajstić information content (AvgIpc) is 3.19. The number of amides is 2. The summed E-state index contributed by atoms with van der Waals surface area (Å²) in [7, 11) is 0. The van der Waals surface area contributed by atoms with Gasteiger partial charge in [0, 0.05) is 25.5 Å². The minimum atomic E-state index is -0.302. The SMILES string of the molecule is Cc1nn(-c2ccc(F)cc2)cc1NC(=O)N1Cc2ccncc2C1. The number of carbonyl (C=O) groups excluding carboxylic acids is 1. The highest BCUT2D eigenvalue weighted by molar-refractivity contribution is 5.90. The van der Waals surface area contributed by atoms with E-state index < -0.39 is 0 Å². The molecule has 4 rings (SSSR count). The van der Waals surface area contributed by atoms with E-state index in [4.69, 9.17) is 0 Å². The van der Waals surface area contributed by atoms with Gasteiger partial charge in [-0.15, -0.1) is 0 Å². The third-order valence-electron chi connectivity index (χ3n) is 4.25. The second-order valence-corrected chi connectivity index (χ2v) is 5.98. The van der Waals surface area contributed by atoms with E-state index in [2.05, 4.69) is 15.4 Å². The van der Waals surface area contributed by atoms with Gasteiger partial charge in [0.25, 0.3) is 0 Å². The number of urea groups is 1. The van der Waals surface area contributed by atoms with Crippen LogP contribution in [0.3, 0.4) is 0 Å². The van der Waals surface area contributed by atoms with Crippen molar-refractivity contribution in [2.45, 2.75) is 20.0 Å². The van der Waals surface area contributed by atoms with E-state index in [-0.39, 0.29) is 11.8 Å². The van der Waals surface area contributed by atoms with Crippen LogP contribution < -0.4 is 5.32 Å². The summed E-state index contributed by atoms with van der Waals surface area (Å²) in [5.41, 5.74) is 4.23. The van der Waals surface area contributed by atoms with Crippen LogP contribution in [0.4, 0.5) is 14.9 Å². The molecule has 1 aliphatic rings. The number of rotatable bonds is 2. The van der Waals surface area contributed by atoms with Gasteiger partial charge < -0.3 is 10.2 Å². The second-order valence-electron chi connectivity index (χ2n) is 5.98. The van der Waals surface area contributed by atoms with Gasteiger partial charge in [-0.1, -0.05) is 0 Å². The van der Waals surface area contributed by atoms with Crippen LogP contribution >= 0.6 is 0 Å². The number of nitrogens with zero attached hydrogens (tertiary/aromatic N) is 4. The normalized spacial score (nSPS) is 13.0. The van der Waals surface area contributed by atoms with Crippen molar-refractivity contribution in [3.8, 4) is 5.69 Å². The van der Waals surface area contributed by atoms with Crippen molar-refractivity contribution in [2.75, 3.05) is 5.32 Å². The van der Waals surface area contributed by atoms with Gasteiger partial charge in [-0.25, -0.2) is 13.9 Å². The van der Waals surface area contributed by atoms with Crippen LogP contribution in [0.2, 0.25) is 0 Å². The van der Waals surface area contributed by atoms with Crippen molar-refractivity contribution in [1.29, 1.82) is 0 Å². The van der Waals surface area contributed by atoms with Crippen LogP contribution in [0.15, 0.2) is 48.9 Å². The van der Waals surface area contributed by atoms with Crippen LogP contribution in [0.1, 0.15) is 16.8 Å². The molecule has 0 spiro atoms. The fourth-order valence-electron chi connectivity index (χ4n) is 2.87. The molecule has 0 radical (unpaired) electrons. The highest BCUT2D eigenvalue weighted by atomic mass is 19.1. The van der Waals surface area contributed by atoms with Crippen molar-refractivity contribution in [1.82, 2.24) is 19.7 Å². The first-order chi connectivity index (χ1) is 12.1. The molecule has 25 heavy (non-hydrogen) atoms. The number of aromatic nitrogens is 3. The maximum absolute atomic E-state index is 13.0. The Morgan fingerprint density at radius 2 is 1.92 bits per heavy atom. The Bertz CT molecular complexity index is 910. The number of benzene rings is 1. The second kappa shape index (κ2) is 6.01. The van der Waals surface area contributed by atoms with Gasteiger partial charge in [-0.05, 0) is 48.4 Å². The van der Waals surface area contributed by atoms with Crippen LogP contribution in [0.25, 0.3) is 5.69 Å². The van der Waals surface area contributed by atoms with Gasteiger partial charge in [0.15, 0.2) is 0 Å². The predicted molar refractivity (Wildman–Crippen MR) is 90.8 cm³/mol. The molecule has 6 nitrogen and oxygen atoms in total. The Hall–Kier alpha value is -3.22. The average molecular weight is 337 g/mol. The van der Waals surface area contributed by atoms with Gasteiger partial charge >= 0.3 is 6.03 Å². The molecule has 0 aliphatic carbocycles. The van der Waals surface area contributed by atoms with E-state index >= 15 is 0 Å². The van der Waals surface area contributed by atoms with Crippen molar-refractivity contribution in [2.24, 2.45) is 0 Å². The van der Waals surface area contributed by atoms with Gasteiger partial charge in [0.2, 0.25) is 0 Å². The minimum Gasteiger partial charge on any atom is -0.316 e. The van der Waals surface area contributed by atoms with E-state index in [1.54, 1.807) is 40.3 Å². The zero-order chi connectivity index (χ0) is 17.4. The molecule has 0 saturated carbocycles. The third kappa shape index (κ3) is 2.96. The molecule has 3 aromatic rings. The largest absolute Gasteiger partial charge is 0.322 e. The molecular weight excluding hydrogens is 321 g/mol. The number of fused-ring (bicyclic) bond motifs is 1. The lowest BCUT2D eigenvalue weighted by Crippen LogP contribution is -2.30. The zero-order valence-electron chi connectivity index (χ0n) is 13.6. The number of nitrogens with one attached hydrogen (secondary N) is 1. The lowest BCUT2D eigenvalue weighted by atomic mass is 10.2. The smallest absolute Gasteiger partial charge is 0.316 e. The van der Waals surface area contributed by atoms with E-state index in [1.807, 2.05) is 13.0 Å². The topological polar surface area (TPSA) is 63.1 Å². The van der Waals surface area contributed by atoms with Crippen LogP contribution in [0.5, 0.6) is 0 Å². The molecule has 0 unspecified atom stereocenters. The summed E-state index contributed by atoms with van der Waals surface area (Å²) in [6.45, 7) is 2.92. The Labute approximate surface area is 143 Å². The number of hydrogen-bond acceptors (Lipinski definition) is 3. The summed E-state index contributed by atoms with van der Waals surface area (Å²) in [5, 5.41) is 7.28. The minimum absolute atomic E-state index is 0.182. The molecule has 0 saturated heterocycles. The number of anilines is 1. The molecule has 0 bridgehead atoms. The van der Waals surface area contributed by atoms with Crippen molar-refractivity contribution >= 4 is 11.7 Å². The van der Waals surface area contributed by atoms with Crippen LogP contribution in [0, 0.1) is 12.7 Å². The first kappa shape index (κ1) is 15.3. The van der Waals surface area contributed by atoms with E-state index in [9.17, 15) is 9.18 Å². The summed E-state index contributed by atoms with van der Waals surface area (Å²) in [5.74, 6) is -0.302. The van der Waals surface area contributed by atoms with E-state index in [1.165, 1.54) is 12.1 Å². The Balaban J connectivity index is 1.50. The number of aryl methyl sites for hydroxylation is 1. The number of hydrogen-bond donors (Lipinski definition) is 1. The standard InChI is InChI=1S/C18H16FN5O/c1-12-17(11-24(22-12)16-4-2-15(19)3-5-16)21-18(25)23-9-13-6-7-20-8-14(13)10-23/h2-8,11H,9-10H2,1H3,(H,21,25). The van der Waals surface area contributed by atoms with Gasteiger partial charge in [-0.2, -0.15) is 5.10 Å². The molecule has 2 amide bonds. The van der Waals surface area contributed by atoms with Gasteiger partial charge in [-0.3, -0.25) is 4.98 Å². The highest BCUT2D eigenvalue weighted by Gasteiger charge is 2.24. The lowest BCUT2D eigenvalue weighted by Gasteiger charge is -2.15. The van der Waals surface area contributed by atoms with Crippen molar-refractivity contribution in [3.05, 3.63) is 71.6 Å². The fourth-order valence-corrected chi connectivity index (χ4v) is 2.87. The van der Waals surface area contributed by atoms with Crippen molar-refractivity contribution in [3.63, 3.8) is 0 Å². The Morgan fingerprint density at radius 1 is 1.16 bits per heavy atom. The molecule has 0 fully saturated rings. The summed E-state index contributed by atoms with van der Waals surface area (Å²) in [6, 6.07) is 7.77. The molecule has 1 N–H and O–H groups in total. The van der Waals surface area contributed by atoms with Gasteiger partial charge in [0.1, 0.15) is 5.82 Å². The fraction of sp³-hybridized carbons (Fsp3) is 0.167. The molecule has 0 atom stereocenters. The first-order valence-corrected chi connectivity index (χ1v) is 7.90. The van der Waals surface area contributed by atoms with E-state index in [0.717, 1.165) is 16.8 Å². The summed E-state index contributed by atoms with van der Waals surface area (Å²) >= 11 is 0. The summed E-state index contributed by atoms with van der Waals surface area (Å²) < 4.78 is 14.7. The summed E-state index contributed by atoms with van der Waals surface area (Å²) in [4.78, 5) is 18.3. The molecule has 3 heterocycles. The maximum atomic E-state index is 13.0. The molecule has 7 heteroatoms. The molecule has 2 aromatic heterocycles. The third-order valence-corrected chi connectivity index (χ3v) is 4.25. The lowest BCUT2D eigenvalue weighted by molar-refractivity contribution is 0.212. The first-order valence-electron chi connectivity index (χ1n) is 7.90. The van der Waals surface area contributed by atoms with Crippen molar-refractivity contribution < 1.29 is 9.18 Å². The van der Waals surface area contributed by atoms with E-state index in [0.29, 0.717) is 24.5 Å². The monoisotopic (exact) mass is 337 g/mol. The molecular formula is C18H16FN5O. The molecule has 1 aliphatic heterocycles. The molecule has 1 aromatic carbocycles. The maximum Gasteiger partial charge on any atom is 0.322 e. The summed E-state index contributed by atoms with van der Waals surface area (Å²) in [6.07, 6.45) is 5.25. The van der Waals surface area contributed by atoms with Crippen LogP contribution in [-0.2, 0) is 13.1 Å².